The van der Waals surface area contributed by atoms with Gasteiger partial charge in [-0.3, -0.25) is 4.79 Å². The van der Waals surface area contributed by atoms with Gasteiger partial charge in [0.05, 0.1) is 5.60 Å². The van der Waals surface area contributed by atoms with Crippen molar-refractivity contribution in [3.63, 3.8) is 0 Å². The molecule has 5 heteroatoms. The van der Waals surface area contributed by atoms with Gasteiger partial charge in [0.2, 0.25) is 0 Å². The molecule has 190 valence electrons. The molecule has 2 bridgehead atoms. The average Bonchev–Trinajstić information content (AvgIpc) is 3.30. The molecule has 2 heterocycles. The zero-order valence-electron chi connectivity index (χ0n) is 21.5. The predicted molar refractivity (Wildman–Crippen MR) is 137 cm³/mol. The van der Waals surface area contributed by atoms with Crippen LogP contribution in [0.3, 0.4) is 0 Å². The van der Waals surface area contributed by atoms with Crippen LogP contribution < -0.4 is 0 Å². The molecule has 0 amide bonds. The van der Waals surface area contributed by atoms with E-state index in [-0.39, 0.29) is 23.3 Å². The van der Waals surface area contributed by atoms with Crippen molar-refractivity contribution >= 4 is 18.0 Å². The fourth-order valence-electron chi connectivity index (χ4n) is 6.25. The summed E-state index contributed by atoms with van der Waals surface area (Å²) in [5.41, 5.74) is 0.452. The van der Waals surface area contributed by atoms with Gasteiger partial charge in [-0.2, -0.15) is 0 Å². The quantitative estimate of drug-likeness (QED) is 0.220. The number of carboxylic acid groups (broad SMARTS) is 1. The van der Waals surface area contributed by atoms with Gasteiger partial charge in [-0.25, -0.2) is 4.79 Å². The minimum absolute atomic E-state index is 0.112. The molecule has 3 aliphatic rings. The van der Waals surface area contributed by atoms with Crippen LogP contribution in [0.5, 0.6) is 0 Å². The van der Waals surface area contributed by atoms with Crippen LogP contribution in [-0.2, 0) is 19.1 Å². The van der Waals surface area contributed by atoms with Crippen molar-refractivity contribution in [2.24, 2.45) is 23.7 Å². The number of carboxylic acids is 1. The first kappa shape index (κ1) is 27.0. The SMILES string of the molecule is C#CCCCC(=O)OC1CC2(C(C)C)CC3C(C)CC[C@H]3C1(C)O2.O=C(O)/C=C/c1ccccc1. The number of ether oxygens (including phenoxy) is 2. The number of carbonyl (C=O) groups is 2. The van der Waals surface area contributed by atoms with Crippen molar-refractivity contribution in [3.8, 4) is 12.3 Å². The second-order valence-corrected chi connectivity index (χ2v) is 10.9. The fourth-order valence-corrected chi connectivity index (χ4v) is 6.25. The zero-order valence-corrected chi connectivity index (χ0v) is 21.5. The molecule has 1 aliphatic carbocycles. The summed E-state index contributed by atoms with van der Waals surface area (Å²) in [6.07, 6.45) is 14.0. The molecule has 0 aromatic heterocycles. The lowest BCUT2D eigenvalue weighted by atomic mass is 9.72. The third-order valence-electron chi connectivity index (χ3n) is 8.34. The predicted octanol–water partition coefficient (Wildman–Crippen LogP) is 6.13. The number of aliphatic carboxylic acids is 1. The maximum absolute atomic E-state index is 12.3. The van der Waals surface area contributed by atoms with Crippen LogP contribution in [0.1, 0.15) is 78.2 Å². The maximum atomic E-state index is 12.3. The number of esters is 1. The highest BCUT2D eigenvalue weighted by atomic mass is 16.6. The molecule has 1 saturated carbocycles. The van der Waals surface area contributed by atoms with E-state index in [9.17, 15) is 9.59 Å². The van der Waals surface area contributed by atoms with Crippen molar-refractivity contribution in [1.29, 1.82) is 0 Å². The first-order valence-electron chi connectivity index (χ1n) is 12.9. The molecule has 3 fully saturated rings. The molecular formula is C30H40O5. The van der Waals surface area contributed by atoms with Gasteiger partial charge in [-0.15, -0.1) is 12.3 Å². The summed E-state index contributed by atoms with van der Waals surface area (Å²) < 4.78 is 12.7. The summed E-state index contributed by atoms with van der Waals surface area (Å²) in [5, 5.41) is 8.29. The zero-order chi connectivity index (χ0) is 25.6. The number of benzene rings is 1. The van der Waals surface area contributed by atoms with Gasteiger partial charge in [-0.05, 0) is 61.5 Å². The van der Waals surface area contributed by atoms with Crippen molar-refractivity contribution < 1.29 is 24.2 Å². The summed E-state index contributed by atoms with van der Waals surface area (Å²) in [6.45, 7) is 9.08. The Kier molecular flexibility index (Phi) is 8.83. The molecule has 1 N–H and O–H groups in total. The van der Waals surface area contributed by atoms with Gasteiger partial charge in [-0.1, -0.05) is 57.5 Å². The van der Waals surface area contributed by atoms with E-state index in [1.54, 1.807) is 6.08 Å². The summed E-state index contributed by atoms with van der Waals surface area (Å²) in [6, 6.07) is 9.31. The molecule has 2 aliphatic heterocycles. The highest BCUT2D eigenvalue weighted by Crippen LogP contribution is 2.62. The maximum Gasteiger partial charge on any atom is 0.328 e. The van der Waals surface area contributed by atoms with E-state index >= 15 is 0 Å². The van der Waals surface area contributed by atoms with E-state index in [0.29, 0.717) is 37.0 Å². The Morgan fingerprint density at radius 3 is 2.60 bits per heavy atom. The Bertz CT molecular complexity index is 945. The van der Waals surface area contributed by atoms with Crippen molar-refractivity contribution in [3.05, 3.63) is 42.0 Å². The number of hydrogen-bond donors (Lipinski definition) is 1. The fraction of sp³-hybridized carbons (Fsp3) is 0.600. The third-order valence-corrected chi connectivity index (χ3v) is 8.34. The second kappa shape index (κ2) is 11.4. The Morgan fingerprint density at radius 2 is 1.97 bits per heavy atom. The van der Waals surface area contributed by atoms with Crippen LogP contribution in [-0.4, -0.2) is 34.4 Å². The molecule has 4 rings (SSSR count). The first-order chi connectivity index (χ1) is 16.6. The summed E-state index contributed by atoms with van der Waals surface area (Å²) >= 11 is 0. The molecule has 2 saturated heterocycles. The highest BCUT2D eigenvalue weighted by molar-refractivity contribution is 5.85. The number of fused-ring (bicyclic) bond motifs is 4. The lowest BCUT2D eigenvalue weighted by Gasteiger charge is -2.48. The number of terminal acetylenes is 1. The molecular weight excluding hydrogens is 440 g/mol. The summed E-state index contributed by atoms with van der Waals surface area (Å²) in [4.78, 5) is 22.4. The van der Waals surface area contributed by atoms with E-state index in [1.165, 1.54) is 12.8 Å². The van der Waals surface area contributed by atoms with Crippen LogP contribution in [0.15, 0.2) is 36.4 Å². The molecule has 6 atom stereocenters. The number of unbranched alkanes of at least 4 members (excludes halogenated alkanes) is 1. The van der Waals surface area contributed by atoms with Gasteiger partial charge in [0, 0.05) is 25.3 Å². The van der Waals surface area contributed by atoms with Gasteiger partial charge in [0.15, 0.2) is 0 Å². The Morgan fingerprint density at radius 1 is 1.26 bits per heavy atom. The van der Waals surface area contributed by atoms with Gasteiger partial charge < -0.3 is 14.6 Å². The van der Waals surface area contributed by atoms with Crippen molar-refractivity contribution in [2.75, 3.05) is 0 Å². The standard InChI is InChI=1S/C21H32O3.C9H8O2/c1-6-7-8-9-19(22)23-18-13-21(14(2)3)12-16-15(4)10-11-17(16)20(18,5)24-21;10-9(11)7-6-8-4-2-1-3-5-8/h1,14-18H,7-13H2,2-5H3;1-7H,(H,10,11)/b;7-6+/t15?,16?,17-,18?,20?,21?;/m1./s1. The molecule has 5 nitrogen and oxygen atoms in total. The van der Waals surface area contributed by atoms with E-state index in [0.717, 1.165) is 30.4 Å². The van der Waals surface area contributed by atoms with Gasteiger partial charge in [0.25, 0.3) is 0 Å². The van der Waals surface area contributed by atoms with Gasteiger partial charge >= 0.3 is 11.9 Å². The average molecular weight is 481 g/mol. The molecule has 1 aromatic carbocycles. The Balaban J connectivity index is 0.000000261. The minimum atomic E-state index is -0.922. The normalized spacial score (nSPS) is 33.0. The second-order valence-electron chi connectivity index (χ2n) is 10.9. The van der Waals surface area contributed by atoms with Crippen LogP contribution in [0.25, 0.3) is 6.08 Å². The van der Waals surface area contributed by atoms with Crippen LogP contribution in [0.4, 0.5) is 0 Å². The molecule has 35 heavy (non-hydrogen) atoms. The Hall–Kier alpha value is -2.58. The lowest BCUT2D eigenvalue weighted by Crippen LogP contribution is -2.53. The topological polar surface area (TPSA) is 72.8 Å². The van der Waals surface area contributed by atoms with Gasteiger partial charge in [0.1, 0.15) is 11.7 Å². The summed E-state index contributed by atoms with van der Waals surface area (Å²) in [5.74, 6) is 3.96. The Labute approximate surface area is 210 Å². The minimum Gasteiger partial charge on any atom is -0.478 e. The molecule has 0 spiro atoms. The number of rotatable bonds is 7. The molecule has 5 unspecified atom stereocenters. The van der Waals surface area contributed by atoms with Crippen molar-refractivity contribution in [2.45, 2.75) is 89.9 Å². The van der Waals surface area contributed by atoms with Crippen LogP contribution in [0.2, 0.25) is 0 Å². The van der Waals surface area contributed by atoms with E-state index in [1.807, 2.05) is 30.3 Å². The van der Waals surface area contributed by atoms with Crippen molar-refractivity contribution in [1.82, 2.24) is 0 Å². The van der Waals surface area contributed by atoms with E-state index in [2.05, 4.69) is 33.6 Å². The molecule has 0 radical (unpaired) electrons. The highest BCUT2D eigenvalue weighted by Gasteiger charge is 2.66. The van der Waals surface area contributed by atoms with Crippen LogP contribution in [0, 0.1) is 36.0 Å². The lowest BCUT2D eigenvalue weighted by molar-refractivity contribution is -0.214. The molecule has 1 aromatic rings. The largest absolute Gasteiger partial charge is 0.478 e. The monoisotopic (exact) mass is 480 g/mol. The number of hydrogen-bond acceptors (Lipinski definition) is 4. The van der Waals surface area contributed by atoms with E-state index in [4.69, 9.17) is 21.0 Å². The third kappa shape index (κ3) is 6.16. The van der Waals surface area contributed by atoms with Crippen LogP contribution >= 0.6 is 0 Å². The van der Waals surface area contributed by atoms with E-state index < -0.39 is 5.97 Å². The smallest absolute Gasteiger partial charge is 0.328 e. The first-order valence-corrected chi connectivity index (χ1v) is 12.9. The summed E-state index contributed by atoms with van der Waals surface area (Å²) in [7, 11) is 0. The number of carbonyl (C=O) groups excluding carboxylic acids is 1.